The number of nitrogens with zero attached hydrogens (tertiary/aromatic N) is 1. The highest BCUT2D eigenvalue weighted by Gasteiger charge is 2.20. The van der Waals surface area contributed by atoms with E-state index < -0.39 is 0 Å². The molecule has 0 saturated heterocycles. The van der Waals surface area contributed by atoms with Gasteiger partial charge in [-0.2, -0.15) is 0 Å². The molecule has 3 rings (SSSR count). The minimum Gasteiger partial charge on any atom is -0.461 e. The van der Waals surface area contributed by atoms with E-state index in [4.69, 9.17) is 10.2 Å². The van der Waals surface area contributed by atoms with Gasteiger partial charge in [0.05, 0.1) is 0 Å². The largest absolute Gasteiger partial charge is 0.461 e. The third kappa shape index (κ3) is 2.73. The smallest absolute Gasteiger partial charge is 0.134 e. The van der Waals surface area contributed by atoms with Gasteiger partial charge < -0.3 is 10.2 Å². The molecular formula is C17H22N2O. The first-order valence-electron chi connectivity index (χ1n) is 7.46. The summed E-state index contributed by atoms with van der Waals surface area (Å²) in [5, 5.41) is 0. The summed E-state index contributed by atoms with van der Waals surface area (Å²) < 4.78 is 6.02. The van der Waals surface area contributed by atoms with Crippen LogP contribution in [-0.4, -0.2) is 18.0 Å². The fourth-order valence-corrected chi connectivity index (χ4v) is 2.80. The molecule has 0 saturated carbocycles. The molecule has 1 aliphatic heterocycles. The molecule has 1 aromatic carbocycles. The molecule has 0 fully saturated rings. The van der Waals surface area contributed by atoms with E-state index in [1.165, 1.54) is 24.9 Å². The molecule has 1 aromatic heterocycles. The lowest BCUT2D eigenvalue weighted by Gasteiger charge is -2.25. The molecule has 3 nitrogen and oxygen atoms in total. The Labute approximate surface area is 120 Å². The van der Waals surface area contributed by atoms with Crippen LogP contribution in [0.3, 0.4) is 0 Å². The highest BCUT2D eigenvalue weighted by Crippen LogP contribution is 2.30. The first kappa shape index (κ1) is 13.3. The van der Waals surface area contributed by atoms with E-state index in [-0.39, 0.29) is 0 Å². The van der Waals surface area contributed by atoms with Crippen LogP contribution in [0.1, 0.15) is 31.1 Å². The van der Waals surface area contributed by atoms with E-state index >= 15 is 0 Å². The van der Waals surface area contributed by atoms with Crippen LogP contribution in [0.2, 0.25) is 0 Å². The number of hydrogen-bond acceptors (Lipinski definition) is 3. The van der Waals surface area contributed by atoms with Crippen molar-refractivity contribution in [3.63, 3.8) is 0 Å². The molecule has 1 aliphatic rings. The molecule has 0 bridgehead atoms. The second kappa shape index (κ2) is 5.71. The van der Waals surface area contributed by atoms with Crippen LogP contribution < -0.4 is 5.73 Å². The Kier molecular flexibility index (Phi) is 3.79. The van der Waals surface area contributed by atoms with E-state index in [1.54, 1.807) is 0 Å². The second-order valence-corrected chi connectivity index (χ2v) is 5.56. The number of unbranched alkanes of at least 4 members (excludes halogenated alkanes) is 1. The molecule has 0 unspecified atom stereocenters. The lowest BCUT2D eigenvalue weighted by molar-refractivity contribution is 0.239. The standard InChI is InChI=1S/C17H22N2O/c1-2-3-8-19-9-7-16-14(12-19)11-17(20-16)13-5-4-6-15(18)10-13/h4-6,10-11H,2-3,7-9,12,18H2,1H3. The van der Waals surface area contributed by atoms with Gasteiger partial charge in [-0.3, -0.25) is 4.90 Å². The number of rotatable bonds is 4. The molecule has 0 spiro atoms. The number of hydrogen-bond donors (Lipinski definition) is 1. The molecule has 2 aromatic rings. The number of benzene rings is 1. The Bertz CT molecular complexity index is 588. The first-order chi connectivity index (χ1) is 9.76. The van der Waals surface area contributed by atoms with Crippen LogP contribution >= 0.6 is 0 Å². The van der Waals surface area contributed by atoms with E-state index in [2.05, 4.69) is 24.0 Å². The van der Waals surface area contributed by atoms with Crippen LogP contribution in [-0.2, 0) is 13.0 Å². The van der Waals surface area contributed by atoms with Crippen molar-refractivity contribution in [1.29, 1.82) is 0 Å². The van der Waals surface area contributed by atoms with Gasteiger partial charge in [0.15, 0.2) is 0 Å². The summed E-state index contributed by atoms with van der Waals surface area (Å²) in [5.74, 6) is 2.09. The Morgan fingerprint density at radius 2 is 2.20 bits per heavy atom. The average molecular weight is 270 g/mol. The Balaban J connectivity index is 1.80. The SMILES string of the molecule is CCCCN1CCc2oc(-c3cccc(N)c3)cc2C1. The van der Waals surface area contributed by atoms with Gasteiger partial charge in [-0.15, -0.1) is 0 Å². The van der Waals surface area contributed by atoms with Crippen molar-refractivity contribution in [2.75, 3.05) is 18.8 Å². The number of nitrogens with two attached hydrogens (primary N) is 1. The molecular weight excluding hydrogens is 248 g/mol. The van der Waals surface area contributed by atoms with Gasteiger partial charge in [-0.1, -0.05) is 25.5 Å². The summed E-state index contributed by atoms with van der Waals surface area (Å²) >= 11 is 0. The van der Waals surface area contributed by atoms with Crippen molar-refractivity contribution in [3.05, 3.63) is 41.7 Å². The fraction of sp³-hybridized carbons (Fsp3) is 0.412. The third-order valence-electron chi connectivity index (χ3n) is 3.94. The minimum atomic E-state index is 0.779. The van der Waals surface area contributed by atoms with Gasteiger partial charge >= 0.3 is 0 Å². The zero-order chi connectivity index (χ0) is 13.9. The summed E-state index contributed by atoms with van der Waals surface area (Å²) in [7, 11) is 0. The quantitative estimate of drug-likeness (QED) is 0.862. The Morgan fingerprint density at radius 3 is 3.00 bits per heavy atom. The van der Waals surface area contributed by atoms with Crippen LogP contribution in [0.15, 0.2) is 34.7 Å². The zero-order valence-corrected chi connectivity index (χ0v) is 12.1. The van der Waals surface area contributed by atoms with Crippen LogP contribution in [0, 0.1) is 0 Å². The van der Waals surface area contributed by atoms with Gasteiger partial charge in [-0.25, -0.2) is 0 Å². The van der Waals surface area contributed by atoms with Gasteiger partial charge in [0.1, 0.15) is 11.5 Å². The molecule has 3 heteroatoms. The number of furan rings is 1. The molecule has 2 N–H and O–H groups in total. The van der Waals surface area contributed by atoms with Crippen molar-refractivity contribution < 1.29 is 4.42 Å². The summed E-state index contributed by atoms with van der Waals surface area (Å²) in [6.07, 6.45) is 3.54. The molecule has 106 valence electrons. The predicted octanol–water partition coefficient (Wildman–Crippen LogP) is 3.69. The normalized spacial score (nSPS) is 15.2. The highest BCUT2D eigenvalue weighted by atomic mass is 16.3. The van der Waals surface area contributed by atoms with Crippen molar-refractivity contribution in [2.45, 2.75) is 32.7 Å². The Hall–Kier alpha value is -1.74. The monoisotopic (exact) mass is 270 g/mol. The van der Waals surface area contributed by atoms with Crippen molar-refractivity contribution in [2.24, 2.45) is 0 Å². The molecule has 0 radical (unpaired) electrons. The predicted molar refractivity (Wildman–Crippen MR) is 82.4 cm³/mol. The maximum absolute atomic E-state index is 6.02. The topological polar surface area (TPSA) is 42.4 Å². The maximum atomic E-state index is 6.02. The average Bonchev–Trinajstić information content (AvgIpc) is 2.88. The first-order valence-corrected chi connectivity index (χ1v) is 7.46. The van der Waals surface area contributed by atoms with Crippen molar-refractivity contribution in [1.82, 2.24) is 4.90 Å². The van der Waals surface area contributed by atoms with Gasteiger partial charge in [0.25, 0.3) is 0 Å². The fourth-order valence-electron chi connectivity index (χ4n) is 2.80. The van der Waals surface area contributed by atoms with E-state index in [0.29, 0.717) is 0 Å². The summed E-state index contributed by atoms with van der Waals surface area (Å²) in [4.78, 5) is 2.52. The lowest BCUT2D eigenvalue weighted by atomic mass is 10.1. The summed E-state index contributed by atoms with van der Waals surface area (Å²) in [6, 6.07) is 10.1. The highest BCUT2D eigenvalue weighted by molar-refractivity contribution is 5.63. The van der Waals surface area contributed by atoms with Crippen LogP contribution in [0.25, 0.3) is 11.3 Å². The number of nitrogen functional groups attached to an aromatic ring is 1. The molecule has 0 amide bonds. The van der Waals surface area contributed by atoms with E-state index in [9.17, 15) is 0 Å². The molecule has 0 atom stereocenters. The zero-order valence-electron chi connectivity index (χ0n) is 12.1. The molecule has 2 heterocycles. The Morgan fingerprint density at radius 1 is 1.30 bits per heavy atom. The van der Waals surface area contributed by atoms with Crippen molar-refractivity contribution in [3.8, 4) is 11.3 Å². The van der Waals surface area contributed by atoms with Gasteiger partial charge in [-0.05, 0) is 31.2 Å². The number of fused-ring (bicyclic) bond motifs is 1. The minimum absolute atomic E-state index is 0.779. The van der Waals surface area contributed by atoms with Crippen LogP contribution in [0.5, 0.6) is 0 Å². The van der Waals surface area contributed by atoms with Crippen LogP contribution in [0.4, 0.5) is 5.69 Å². The van der Waals surface area contributed by atoms with E-state index in [0.717, 1.165) is 42.3 Å². The van der Waals surface area contributed by atoms with E-state index in [1.807, 2.05) is 18.2 Å². The number of anilines is 1. The second-order valence-electron chi connectivity index (χ2n) is 5.56. The molecule has 20 heavy (non-hydrogen) atoms. The van der Waals surface area contributed by atoms with Crippen molar-refractivity contribution >= 4 is 5.69 Å². The summed E-state index contributed by atoms with van der Waals surface area (Å²) in [5.41, 5.74) is 9.03. The third-order valence-corrected chi connectivity index (χ3v) is 3.94. The summed E-state index contributed by atoms with van der Waals surface area (Å²) in [6.45, 7) is 5.55. The van der Waals surface area contributed by atoms with Gasteiger partial charge in [0.2, 0.25) is 0 Å². The molecule has 0 aliphatic carbocycles. The maximum Gasteiger partial charge on any atom is 0.134 e. The van der Waals surface area contributed by atoms with Gasteiger partial charge in [0, 0.05) is 36.3 Å². The lowest BCUT2D eigenvalue weighted by Crippen LogP contribution is -2.30.